The highest BCUT2D eigenvalue weighted by atomic mass is 16.3. The molecule has 2 aromatic heterocycles. The van der Waals surface area contributed by atoms with Crippen LogP contribution in [0.2, 0.25) is 0 Å². The second-order valence-electron chi connectivity index (χ2n) is 5.10. The molecule has 8 nitrogen and oxygen atoms in total. The summed E-state index contributed by atoms with van der Waals surface area (Å²) in [5.74, 6) is 1.15. The van der Waals surface area contributed by atoms with Gasteiger partial charge >= 0.3 is 0 Å². The molecule has 1 aliphatic heterocycles. The van der Waals surface area contributed by atoms with Gasteiger partial charge in [-0.15, -0.1) is 0 Å². The molecule has 1 saturated heterocycles. The van der Waals surface area contributed by atoms with Crippen molar-refractivity contribution in [1.82, 2.24) is 24.7 Å². The van der Waals surface area contributed by atoms with Crippen molar-refractivity contribution in [2.75, 3.05) is 23.8 Å². The molecule has 0 spiro atoms. The Labute approximate surface area is 122 Å². The first-order valence-electron chi connectivity index (χ1n) is 7.17. The molecular formula is C13H19N7O. The summed E-state index contributed by atoms with van der Waals surface area (Å²) in [6.45, 7) is 1.03. The van der Waals surface area contributed by atoms with E-state index in [1.807, 2.05) is 0 Å². The van der Waals surface area contributed by atoms with Gasteiger partial charge in [0.2, 0.25) is 11.9 Å². The van der Waals surface area contributed by atoms with Crippen LogP contribution in [0.25, 0.3) is 5.95 Å². The highest BCUT2D eigenvalue weighted by Crippen LogP contribution is 2.24. The van der Waals surface area contributed by atoms with Crippen molar-refractivity contribution >= 4 is 11.9 Å². The SMILES string of the molecule is Nc1nc(N2CCCCC2CCO)nc(-n2cccn2)n1. The van der Waals surface area contributed by atoms with Crippen LogP contribution in [0.15, 0.2) is 18.5 Å². The van der Waals surface area contributed by atoms with Crippen molar-refractivity contribution in [2.24, 2.45) is 0 Å². The Morgan fingerprint density at radius 2 is 2.10 bits per heavy atom. The smallest absolute Gasteiger partial charge is 0.257 e. The van der Waals surface area contributed by atoms with E-state index in [0.29, 0.717) is 18.3 Å². The topological polar surface area (TPSA) is 106 Å². The van der Waals surface area contributed by atoms with Gasteiger partial charge in [0.05, 0.1) is 0 Å². The van der Waals surface area contributed by atoms with Gasteiger partial charge in [-0.1, -0.05) is 0 Å². The first-order valence-corrected chi connectivity index (χ1v) is 7.17. The highest BCUT2D eigenvalue weighted by molar-refractivity contribution is 5.39. The number of hydrogen-bond acceptors (Lipinski definition) is 7. The average molecular weight is 289 g/mol. The Bertz CT molecular complexity index is 584. The molecule has 3 N–H and O–H groups in total. The molecule has 112 valence electrons. The van der Waals surface area contributed by atoms with E-state index in [-0.39, 0.29) is 18.6 Å². The Morgan fingerprint density at radius 1 is 1.24 bits per heavy atom. The zero-order valence-corrected chi connectivity index (χ0v) is 11.8. The lowest BCUT2D eigenvalue weighted by molar-refractivity contribution is 0.261. The Morgan fingerprint density at radius 3 is 2.86 bits per heavy atom. The number of nitrogens with zero attached hydrogens (tertiary/aromatic N) is 6. The third kappa shape index (κ3) is 2.94. The van der Waals surface area contributed by atoms with Gasteiger partial charge in [-0.2, -0.15) is 20.1 Å². The van der Waals surface area contributed by atoms with E-state index in [2.05, 4.69) is 25.0 Å². The second kappa shape index (κ2) is 6.04. The predicted molar refractivity (Wildman–Crippen MR) is 78.0 cm³/mol. The molecule has 21 heavy (non-hydrogen) atoms. The fourth-order valence-corrected chi connectivity index (χ4v) is 2.70. The van der Waals surface area contributed by atoms with E-state index in [1.165, 1.54) is 0 Å². The van der Waals surface area contributed by atoms with Crippen molar-refractivity contribution in [3.05, 3.63) is 18.5 Å². The van der Waals surface area contributed by atoms with Crippen molar-refractivity contribution in [2.45, 2.75) is 31.7 Å². The number of aliphatic hydroxyl groups excluding tert-OH is 1. The van der Waals surface area contributed by atoms with E-state index in [1.54, 1.807) is 23.1 Å². The fraction of sp³-hybridized carbons (Fsp3) is 0.538. The minimum absolute atomic E-state index is 0.160. The number of anilines is 2. The van der Waals surface area contributed by atoms with Crippen molar-refractivity contribution in [1.29, 1.82) is 0 Å². The van der Waals surface area contributed by atoms with Crippen LogP contribution in [0.3, 0.4) is 0 Å². The average Bonchev–Trinajstić information content (AvgIpc) is 3.02. The monoisotopic (exact) mass is 289 g/mol. The van der Waals surface area contributed by atoms with Crippen LogP contribution in [0.4, 0.5) is 11.9 Å². The van der Waals surface area contributed by atoms with Crippen LogP contribution in [0, 0.1) is 0 Å². The molecule has 0 bridgehead atoms. The number of rotatable bonds is 4. The maximum atomic E-state index is 9.22. The number of aromatic nitrogens is 5. The lowest BCUT2D eigenvalue weighted by Gasteiger charge is -2.35. The van der Waals surface area contributed by atoms with Crippen LogP contribution in [-0.2, 0) is 0 Å². The van der Waals surface area contributed by atoms with Gasteiger partial charge in [-0.3, -0.25) is 0 Å². The van der Waals surface area contributed by atoms with Gasteiger partial charge < -0.3 is 15.7 Å². The minimum atomic E-state index is 0.160. The second-order valence-corrected chi connectivity index (χ2v) is 5.10. The maximum Gasteiger partial charge on any atom is 0.257 e. The molecule has 1 unspecified atom stereocenters. The molecule has 0 saturated carbocycles. The van der Waals surface area contributed by atoms with Crippen molar-refractivity contribution in [3.63, 3.8) is 0 Å². The summed E-state index contributed by atoms with van der Waals surface area (Å²) in [5, 5.41) is 13.3. The summed E-state index contributed by atoms with van der Waals surface area (Å²) >= 11 is 0. The van der Waals surface area contributed by atoms with E-state index in [4.69, 9.17) is 5.73 Å². The normalized spacial score (nSPS) is 18.9. The largest absolute Gasteiger partial charge is 0.396 e. The van der Waals surface area contributed by atoms with Crippen molar-refractivity contribution < 1.29 is 5.11 Å². The third-order valence-corrected chi connectivity index (χ3v) is 3.68. The molecule has 3 rings (SSSR count). The standard InChI is InChI=1S/C13H19N7O/c14-11-16-12(18-13(17-11)20-8-3-6-15-20)19-7-2-1-4-10(19)5-9-21/h3,6,8,10,21H,1-2,4-5,7,9H2,(H2,14,16,17,18). The lowest BCUT2D eigenvalue weighted by atomic mass is 10.0. The number of nitrogens with two attached hydrogens (primary N) is 1. The van der Waals surface area contributed by atoms with E-state index in [0.717, 1.165) is 25.8 Å². The summed E-state index contributed by atoms with van der Waals surface area (Å²) in [5.41, 5.74) is 5.81. The Kier molecular flexibility index (Phi) is 3.96. The molecule has 1 atom stereocenters. The molecule has 0 amide bonds. The molecule has 1 fully saturated rings. The minimum Gasteiger partial charge on any atom is -0.396 e. The van der Waals surface area contributed by atoms with E-state index < -0.39 is 0 Å². The van der Waals surface area contributed by atoms with E-state index >= 15 is 0 Å². The molecule has 1 aliphatic rings. The number of nitrogen functional groups attached to an aromatic ring is 1. The van der Waals surface area contributed by atoms with Crippen molar-refractivity contribution in [3.8, 4) is 5.95 Å². The van der Waals surface area contributed by atoms with E-state index in [9.17, 15) is 5.11 Å². The van der Waals surface area contributed by atoms with Gasteiger partial charge in [-0.05, 0) is 31.7 Å². The summed E-state index contributed by atoms with van der Waals surface area (Å²) < 4.78 is 1.56. The van der Waals surface area contributed by atoms with Crippen LogP contribution >= 0.6 is 0 Å². The van der Waals surface area contributed by atoms with Gasteiger partial charge in [0, 0.05) is 31.6 Å². The van der Waals surface area contributed by atoms with Gasteiger partial charge in [0.1, 0.15) is 0 Å². The Balaban J connectivity index is 1.93. The first-order chi connectivity index (χ1) is 10.3. The van der Waals surface area contributed by atoms with Crippen LogP contribution < -0.4 is 10.6 Å². The molecule has 0 aromatic carbocycles. The Hall–Kier alpha value is -2.22. The molecule has 0 radical (unpaired) electrons. The van der Waals surface area contributed by atoms with Crippen LogP contribution in [-0.4, -0.2) is 49.0 Å². The summed E-state index contributed by atoms with van der Waals surface area (Å²) in [6.07, 6.45) is 7.42. The fourth-order valence-electron chi connectivity index (χ4n) is 2.70. The summed E-state index contributed by atoms with van der Waals surface area (Å²) in [4.78, 5) is 15.0. The molecule has 3 heterocycles. The first kappa shape index (κ1) is 13.7. The molecule has 2 aromatic rings. The maximum absolute atomic E-state index is 9.22. The zero-order valence-electron chi connectivity index (χ0n) is 11.8. The molecule has 0 aliphatic carbocycles. The van der Waals surface area contributed by atoms with Gasteiger partial charge in [-0.25, -0.2) is 4.68 Å². The van der Waals surface area contributed by atoms with Gasteiger partial charge in [0.15, 0.2) is 0 Å². The van der Waals surface area contributed by atoms with Gasteiger partial charge in [0.25, 0.3) is 5.95 Å². The quantitative estimate of drug-likeness (QED) is 0.838. The number of aliphatic hydroxyl groups is 1. The number of hydrogen-bond donors (Lipinski definition) is 2. The summed E-state index contributed by atoms with van der Waals surface area (Å²) in [6, 6.07) is 2.05. The summed E-state index contributed by atoms with van der Waals surface area (Å²) in [7, 11) is 0. The molecule has 8 heteroatoms. The van der Waals surface area contributed by atoms with Crippen LogP contribution in [0.5, 0.6) is 0 Å². The predicted octanol–water partition coefficient (Wildman–Crippen LogP) is 0.381. The third-order valence-electron chi connectivity index (χ3n) is 3.68. The lowest BCUT2D eigenvalue weighted by Crippen LogP contribution is -2.41. The number of piperidine rings is 1. The zero-order chi connectivity index (χ0) is 14.7. The molecular weight excluding hydrogens is 270 g/mol. The van der Waals surface area contributed by atoms with Crippen LogP contribution in [0.1, 0.15) is 25.7 Å². The highest BCUT2D eigenvalue weighted by Gasteiger charge is 2.25.